The lowest BCUT2D eigenvalue weighted by Crippen LogP contribution is -2.23. The summed E-state index contributed by atoms with van der Waals surface area (Å²) in [5.74, 6) is -0.531. The van der Waals surface area contributed by atoms with E-state index in [4.69, 9.17) is 11.6 Å². The second-order valence-corrected chi connectivity index (χ2v) is 5.68. The number of anilines is 1. The molecule has 5 nitrogen and oxygen atoms in total. The molecule has 23 heavy (non-hydrogen) atoms. The zero-order chi connectivity index (χ0) is 16.0. The minimum absolute atomic E-state index is 0.0951. The highest BCUT2D eigenvalue weighted by Crippen LogP contribution is 2.36. The van der Waals surface area contributed by atoms with Crippen molar-refractivity contribution in [1.29, 1.82) is 0 Å². The molecule has 0 fully saturated rings. The van der Waals surface area contributed by atoms with Gasteiger partial charge in [-0.2, -0.15) is 0 Å². The SMILES string of the molecule is O=C(O)C1=C[C@@H](c2ccccc2Cl)n2c(nc3ccccc32)N1. The van der Waals surface area contributed by atoms with Crippen molar-refractivity contribution in [2.45, 2.75) is 6.04 Å². The van der Waals surface area contributed by atoms with Crippen molar-refractivity contribution in [3.05, 3.63) is 70.9 Å². The first-order chi connectivity index (χ1) is 11.1. The molecule has 0 spiro atoms. The molecule has 0 saturated heterocycles. The Hall–Kier alpha value is -2.79. The Bertz CT molecular complexity index is 961. The van der Waals surface area contributed by atoms with Crippen molar-refractivity contribution >= 4 is 34.6 Å². The molecule has 0 amide bonds. The Balaban J connectivity index is 2.00. The first kappa shape index (κ1) is 13.8. The average molecular weight is 326 g/mol. The number of hydrogen-bond acceptors (Lipinski definition) is 3. The lowest BCUT2D eigenvalue weighted by atomic mass is 10.0. The van der Waals surface area contributed by atoms with E-state index in [0.717, 1.165) is 16.6 Å². The number of benzene rings is 2. The van der Waals surface area contributed by atoms with Crippen LogP contribution < -0.4 is 5.32 Å². The molecule has 0 saturated carbocycles. The van der Waals surface area contributed by atoms with Crippen LogP contribution in [0.3, 0.4) is 0 Å². The lowest BCUT2D eigenvalue weighted by Gasteiger charge is -2.25. The van der Waals surface area contributed by atoms with Crippen LogP contribution in [-0.2, 0) is 4.79 Å². The maximum Gasteiger partial charge on any atom is 0.352 e. The molecule has 2 aromatic carbocycles. The van der Waals surface area contributed by atoms with Crippen LogP contribution in [0.1, 0.15) is 11.6 Å². The molecule has 1 aliphatic rings. The Morgan fingerprint density at radius 3 is 2.70 bits per heavy atom. The number of fused-ring (bicyclic) bond motifs is 3. The number of para-hydroxylation sites is 2. The third-order valence-electron chi connectivity index (χ3n) is 3.90. The predicted octanol–water partition coefficient (Wildman–Crippen LogP) is 3.67. The minimum atomic E-state index is -1.03. The summed E-state index contributed by atoms with van der Waals surface area (Å²) in [5.41, 5.74) is 2.64. The molecule has 2 heterocycles. The summed E-state index contributed by atoms with van der Waals surface area (Å²) in [6, 6.07) is 14.8. The second kappa shape index (κ2) is 5.14. The molecule has 3 aromatic rings. The standard InChI is InChI=1S/C17H12ClN3O2/c18-11-6-2-1-5-10(11)15-9-13(16(22)23)20-17-19-12-7-3-4-8-14(12)21(15)17/h1-9,15H,(H,19,20)(H,22,23)/t15-/m0/s1. The summed E-state index contributed by atoms with van der Waals surface area (Å²) >= 11 is 6.34. The number of carboxylic acids is 1. The molecule has 0 aliphatic carbocycles. The van der Waals surface area contributed by atoms with Crippen molar-refractivity contribution in [2.75, 3.05) is 5.32 Å². The number of allylic oxidation sites excluding steroid dienone is 1. The highest BCUT2D eigenvalue weighted by atomic mass is 35.5. The highest BCUT2D eigenvalue weighted by Gasteiger charge is 2.28. The van der Waals surface area contributed by atoms with Gasteiger partial charge in [0.05, 0.1) is 17.1 Å². The number of carbonyl (C=O) groups is 1. The van der Waals surface area contributed by atoms with E-state index in [-0.39, 0.29) is 11.7 Å². The van der Waals surface area contributed by atoms with Crippen molar-refractivity contribution in [2.24, 2.45) is 0 Å². The van der Waals surface area contributed by atoms with Gasteiger partial charge in [-0.05, 0) is 29.8 Å². The number of carboxylic acid groups (broad SMARTS) is 1. The molecule has 114 valence electrons. The number of nitrogens with zero attached hydrogens (tertiary/aromatic N) is 2. The fourth-order valence-corrected chi connectivity index (χ4v) is 3.12. The van der Waals surface area contributed by atoms with Gasteiger partial charge in [0.25, 0.3) is 0 Å². The maximum atomic E-state index is 11.4. The maximum absolute atomic E-state index is 11.4. The van der Waals surface area contributed by atoms with E-state index in [2.05, 4.69) is 10.3 Å². The Morgan fingerprint density at radius 1 is 1.17 bits per heavy atom. The van der Waals surface area contributed by atoms with E-state index in [1.165, 1.54) is 0 Å². The van der Waals surface area contributed by atoms with Crippen LogP contribution in [0.4, 0.5) is 5.95 Å². The summed E-state index contributed by atoms with van der Waals surface area (Å²) in [5, 5.41) is 12.8. The summed E-state index contributed by atoms with van der Waals surface area (Å²) < 4.78 is 1.96. The first-order valence-electron chi connectivity index (χ1n) is 7.08. The fourth-order valence-electron chi connectivity index (χ4n) is 2.88. The Morgan fingerprint density at radius 2 is 1.91 bits per heavy atom. The second-order valence-electron chi connectivity index (χ2n) is 5.27. The topological polar surface area (TPSA) is 67.1 Å². The monoisotopic (exact) mass is 325 g/mol. The molecule has 1 aromatic heterocycles. The van der Waals surface area contributed by atoms with Gasteiger partial charge in [-0.1, -0.05) is 41.9 Å². The zero-order valence-electron chi connectivity index (χ0n) is 11.9. The number of nitrogens with one attached hydrogen (secondary N) is 1. The molecule has 0 radical (unpaired) electrons. The summed E-state index contributed by atoms with van der Waals surface area (Å²) in [7, 11) is 0. The van der Waals surface area contributed by atoms with Crippen LogP contribution in [0.2, 0.25) is 5.02 Å². The average Bonchev–Trinajstić information content (AvgIpc) is 2.93. The summed E-state index contributed by atoms with van der Waals surface area (Å²) in [6.07, 6.45) is 1.66. The Labute approximate surface area is 136 Å². The third kappa shape index (κ3) is 2.17. The molecule has 1 aliphatic heterocycles. The van der Waals surface area contributed by atoms with Crippen LogP contribution in [0.25, 0.3) is 11.0 Å². The van der Waals surface area contributed by atoms with E-state index in [1.54, 1.807) is 12.1 Å². The molecule has 6 heteroatoms. The number of aliphatic carboxylic acids is 1. The van der Waals surface area contributed by atoms with Crippen molar-refractivity contribution in [3.63, 3.8) is 0 Å². The third-order valence-corrected chi connectivity index (χ3v) is 4.24. The van der Waals surface area contributed by atoms with Gasteiger partial charge < -0.3 is 10.4 Å². The molecular formula is C17H12ClN3O2. The first-order valence-corrected chi connectivity index (χ1v) is 7.46. The number of imidazole rings is 1. The number of hydrogen-bond donors (Lipinski definition) is 2. The molecule has 1 atom stereocenters. The van der Waals surface area contributed by atoms with Crippen LogP contribution in [0.5, 0.6) is 0 Å². The van der Waals surface area contributed by atoms with Crippen molar-refractivity contribution < 1.29 is 9.90 Å². The van der Waals surface area contributed by atoms with Crippen LogP contribution in [0.15, 0.2) is 60.3 Å². The minimum Gasteiger partial charge on any atom is -0.477 e. The Kier molecular flexibility index (Phi) is 3.09. The van der Waals surface area contributed by atoms with E-state index in [0.29, 0.717) is 11.0 Å². The number of aromatic nitrogens is 2. The highest BCUT2D eigenvalue weighted by molar-refractivity contribution is 6.31. The zero-order valence-corrected chi connectivity index (χ0v) is 12.7. The van der Waals surface area contributed by atoms with E-state index in [9.17, 15) is 9.90 Å². The van der Waals surface area contributed by atoms with Gasteiger partial charge >= 0.3 is 5.97 Å². The van der Waals surface area contributed by atoms with Gasteiger partial charge in [0, 0.05) is 5.02 Å². The summed E-state index contributed by atoms with van der Waals surface area (Å²) in [4.78, 5) is 15.9. The van der Waals surface area contributed by atoms with Gasteiger partial charge in [0.15, 0.2) is 0 Å². The van der Waals surface area contributed by atoms with E-state index < -0.39 is 5.97 Å². The molecular weight excluding hydrogens is 314 g/mol. The summed E-state index contributed by atoms with van der Waals surface area (Å²) in [6.45, 7) is 0. The molecule has 2 N–H and O–H groups in total. The van der Waals surface area contributed by atoms with Crippen molar-refractivity contribution in [3.8, 4) is 0 Å². The van der Waals surface area contributed by atoms with Gasteiger partial charge in [-0.3, -0.25) is 4.57 Å². The van der Waals surface area contributed by atoms with Gasteiger partial charge in [0.2, 0.25) is 5.95 Å². The van der Waals surface area contributed by atoms with Crippen molar-refractivity contribution in [1.82, 2.24) is 9.55 Å². The predicted molar refractivity (Wildman–Crippen MR) is 88.7 cm³/mol. The smallest absolute Gasteiger partial charge is 0.352 e. The molecule has 0 unspecified atom stereocenters. The largest absolute Gasteiger partial charge is 0.477 e. The number of halogens is 1. The van der Waals surface area contributed by atoms with Crippen LogP contribution >= 0.6 is 11.6 Å². The fraction of sp³-hybridized carbons (Fsp3) is 0.0588. The van der Waals surface area contributed by atoms with Gasteiger partial charge in [-0.15, -0.1) is 0 Å². The van der Waals surface area contributed by atoms with Gasteiger partial charge in [0.1, 0.15) is 5.70 Å². The van der Waals surface area contributed by atoms with Crippen LogP contribution in [-0.4, -0.2) is 20.6 Å². The van der Waals surface area contributed by atoms with Gasteiger partial charge in [-0.25, -0.2) is 9.78 Å². The lowest BCUT2D eigenvalue weighted by molar-refractivity contribution is -0.132. The van der Waals surface area contributed by atoms with Crippen LogP contribution in [0, 0.1) is 0 Å². The normalized spacial score (nSPS) is 16.6. The quantitative estimate of drug-likeness (QED) is 0.754. The van der Waals surface area contributed by atoms with E-state index >= 15 is 0 Å². The number of rotatable bonds is 2. The molecule has 4 rings (SSSR count). The molecule has 0 bridgehead atoms. The van der Waals surface area contributed by atoms with E-state index in [1.807, 2.05) is 47.0 Å².